The van der Waals surface area contributed by atoms with Crippen molar-refractivity contribution in [2.24, 2.45) is 0 Å². The Hall–Kier alpha value is -8.04. The third-order valence-corrected chi connectivity index (χ3v) is 15.2. The number of rotatable bonds is 14. The minimum atomic E-state index is -0.454. The lowest BCUT2D eigenvalue weighted by molar-refractivity contribution is -0.146. The van der Waals surface area contributed by atoms with Gasteiger partial charge < -0.3 is 52.3 Å². The summed E-state index contributed by atoms with van der Waals surface area (Å²) in [6, 6.07) is 36.3. The van der Waals surface area contributed by atoms with Crippen LogP contribution in [0.5, 0.6) is 0 Å². The number of nitrogens with zero attached hydrogens (tertiary/aromatic N) is 5. The van der Waals surface area contributed by atoms with Crippen molar-refractivity contribution in [1.82, 2.24) is 14.8 Å². The summed E-state index contributed by atoms with van der Waals surface area (Å²) in [5.41, 5.74) is 6.75. The summed E-state index contributed by atoms with van der Waals surface area (Å²) in [5.74, 6) is 4.00. The number of aromatic nitrogens is 1. The van der Waals surface area contributed by atoms with Gasteiger partial charge in [-0.2, -0.15) is 0 Å². The Morgan fingerprint density at radius 1 is 0.565 bits per heavy atom. The van der Waals surface area contributed by atoms with E-state index in [9.17, 15) is 28.8 Å². The zero-order chi connectivity index (χ0) is 61.0. The Kier molecular flexibility index (Phi) is 24.1. The van der Waals surface area contributed by atoms with Crippen molar-refractivity contribution < 1.29 is 61.4 Å². The van der Waals surface area contributed by atoms with Gasteiger partial charge in [0, 0.05) is 106 Å². The number of esters is 2. The number of hydrogen-bond acceptors (Lipinski definition) is 14. The largest absolute Gasteiger partial charge is 0.461 e. The molecule has 10 rings (SSSR count). The number of benzene rings is 4. The van der Waals surface area contributed by atoms with Gasteiger partial charge in [0.2, 0.25) is 11.8 Å². The monoisotopic (exact) mass is 1220 g/mol. The van der Waals surface area contributed by atoms with Gasteiger partial charge in [0.05, 0.1) is 13.1 Å². The predicted octanol–water partition coefficient (Wildman–Crippen LogP) is 10.9. The zero-order valence-electron chi connectivity index (χ0n) is 48.5. The van der Waals surface area contributed by atoms with Crippen molar-refractivity contribution in [3.63, 3.8) is 0 Å². The van der Waals surface area contributed by atoms with Gasteiger partial charge >= 0.3 is 45.5 Å². The van der Waals surface area contributed by atoms with Crippen LogP contribution < -0.4 is 9.80 Å². The van der Waals surface area contributed by atoms with Crippen molar-refractivity contribution in [3.05, 3.63) is 204 Å². The van der Waals surface area contributed by atoms with Crippen LogP contribution in [0.15, 0.2) is 176 Å². The molecule has 0 radical (unpaired) electrons. The molecule has 442 valence electrons. The lowest BCUT2D eigenvalue weighted by Crippen LogP contribution is -2.46. The van der Waals surface area contributed by atoms with E-state index in [1.807, 2.05) is 109 Å². The highest BCUT2D eigenvalue weighted by atomic mass is 79.9. The summed E-state index contributed by atoms with van der Waals surface area (Å²) in [6.07, 6.45) is 6.04. The van der Waals surface area contributed by atoms with E-state index in [2.05, 4.69) is 53.3 Å². The zero-order valence-corrected chi connectivity index (χ0v) is 50.0. The summed E-state index contributed by atoms with van der Waals surface area (Å²) in [5, 5.41) is 0. The summed E-state index contributed by atoms with van der Waals surface area (Å²) in [4.78, 5) is 84.3. The van der Waals surface area contributed by atoms with Gasteiger partial charge in [0.15, 0.2) is 0 Å². The highest BCUT2D eigenvalue weighted by Crippen LogP contribution is 2.44. The predicted molar refractivity (Wildman–Crippen MR) is 331 cm³/mol. The summed E-state index contributed by atoms with van der Waals surface area (Å²) >= 11 is 3.53. The van der Waals surface area contributed by atoms with E-state index < -0.39 is 33.5 Å². The van der Waals surface area contributed by atoms with Gasteiger partial charge in [-0.15, -0.1) is 19.7 Å². The van der Waals surface area contributed by atoms with Gasteiger partial charge in [-0.05, 0) is 83.1 Å². The summed E-state index contributed by atoms with van der Waals surface area (Å²) in [7, 11) is -1.36. The molecule has 5 aliphatic heterocycles. The normalized spacial score (nSPS) is 19.9. The van der Waals surface area contributed by atoms with E-state index in [0.717, 1.165) is 43.7 Å². The molecule has 5 aromatic rings. The molecule has 85 heavy (non-hydrogen) atoms. The van der Waals surface area contributed by atoms with Crippen molar-refractivity contribution in [2.45, 2.75) is 103 Å². The van der Waals surface area contributed by atoms with Crippen LogP contribution in [0.25, 0.3) is 6.08 Å². The maximum absolute atomic E-state index is 13.0. The number of pyridine rings is 1. The fourth-order valence-electron chi connectivity index (χ4n) is 10.9. The molecule has 1 aromatic heterocycles. The third kappa shape index (κ3) is 18.5. The molecule has 0 N–H and O–H groups in total. The van der Waals surface area contributed by atoms with Crippen LogP contribution in [0.4, 0.5) is 21.0 Å². The Balaban J connectivity index is 0.000000189. The molecule has 0 saturated carbocycles. The molecule has 5 aliphatic rings. The fraction of sp³-hybridized carbons (Fsp3) is 0.317. The van der Waals surface area contributed by atoms with Crippen LogP contribution in [0, 0.1) is 0 Å². The van der Waals surface area contributed by atoms with Gasteiger partial charge in [0.25, 0.3) is 0 Å². The number of anilines is 2. The lowest BCUT2D eigenvalue weighted by Gasteiger charge is -2.26. The molecule has 0 unspecified atom stereocenters. The van der Waals surface area contributed by atoms with Gasteiger partial charge in [0.1, 0.15) is 25.4 Å². The molecular weight excluding hydrogens is 1150 g/mol. The van der Waals surface area contributed by atoms with Crippen LogP contribution in [-0.2, 0) is 65.1 Å². The van der Waals surface area contributed by atoms with Crippen LogP contribution in [-0.4, -0.2) is 123 Å². The Labute approximate surface area is 507 Å². The van der Waals surface area contributed by atoms with Crippen molar-refractivity contribution in [1.29, 1.82) is 0 Å². The first kappa shape index (κ1) is 64.5. The maximum Gasteiger partial charge on any atom is 0.458 e. The van der Waals surface area contributed by atoms with Gasteiger partial charge in [-0.25, -0.2) is 9.59 Å². The Morgan fingerprint density at radius 2 is 0.976 bits per heavy atom. The van der Waals surface area contributed by atoms with E-state index in [1.54, 1.807) is 69.8 Å². The number of carbonyl (C=O) groups is 6. The van der Waals surface area contributed by atoms with Crippen LogP contribution in [0.1, 0.15) is 93.0 Å². The van der Waals surface area contributed by atoms with E-state index in [0.29, 0.717) is 51.9 Å². The number of ether oxygens (including phenoxy) is 4. The quantitative estimate of drug-likeness (QED) is 0.0579. The molecule has 3 fully saturated rings. The van der Waals surface area contributed by atoms with E-state index in [4.69, 9.17) is 32.7 Å². The standard InChI is InChI=1S/C27H30N2O5.C25H27BrN2O5.C6H9B3O3.C5H5N/c1-4-20-10-11-26-25(12-20)22(15-28(26)18(2)30)13-23-14-24(34-19(3)31)16-29(23)27(32)33-17-21-8-6-5-7-9-21;1-16(29)27-13-19(23-11-20(26)8-9-24(23)27)10-21-12-22(33-17(2)30)14-28(21)25(31)32-15-18-6-4-3-5-7-18;1-4-7-10-8(5-2)12-9(6-3)11-7;1-2-4-6-5-3-1/h4-12,22-24H,1,13-17H2,2-3H3;3-9,11,19,21-22H,10,12-15H2,1-2H3;4-6H,1-3H2;1-5H/t22-,23+,24-;19-,21+,22-;;/m00../s1. The summed E-state index contributed by atoms with van der Waals surface area (Å²) in [6.45, 7) is 22.4. The molecule has 4 aromatic carbocycles. The Morgan fingerprint density at radius 3 is 1.34 bits per heavy atom. The lowest BCUT2D eigenvalue weighted by atomic mass is 9.70. The molecule has 0 spiro atoms. The number of amides is 4. The molecular formula is C63H71B3BrN5O13. The van der Waals surface area contributed by atoms with Crippen molar-refractivity contribution >= 4 is 90.7 Å². The molecule has 0 bridgehead atoms. The second-order valence-electron chi connectivity index (χ2n) is 20.7. The number of hydrogen-bond donors (Lipinski definition) is 0. The number of likely N-dealkylation sites (tertiary alicyclic amines) is 2. The second-order valence-corrected chi connectivity index (χ2v) is 21.6. The van der Waals surface area contributed by atoms with Crippen LogP contribution >= 0.6 is 15.9 Å². The number of halogens is 1. The molecule has 0 aliphatic carbocycles. The molecule has 4 amide bonds. The topological polar surface area (TPSA) is 193 Å². The van der Waals surface area contributed by atoms with Crippen LogP contribution in [0.3, 0.4) is 0 Å². The first-order valence-electron chi connectivity index (χ1n) is 28.1. The molecule has 6 atom stereocenters. The molecule has 6 heterocycles. The van der Waals surface area contributed by atoms with E-state index >= 15 is 0 Å². The van der Waals surface area contributed by atoms with Gasteiger partial charge in [-0.1, -0.05) is 119 Å². The average Bonchev–Trinajstić information content (AvgIpc) is 2.47. The highest BCUT2D eigenvalue weighted by Gasteiger charge is 2.44. The first-order valence-corrected chi connectivity index (χ1v) is 28.9. The number of fused-ring (bicyclic) bond motifs is 2. The van der Waals surface area contributed by atoms with Crippen molar-refractivity contribution in [3.8, 4) is 0 Å². The van der Waals surface area contributed by atoms with Gasteiger partial charge in [-0.3, -0.25) is 24.2 Å². The SMILES string of the molecule is C=CB1OB(C=C)OB(C=C)O1.C=Cc1ccc2c(c1)[C@@H](C[C@@H]1C[C@H](OC(C)=O)CN1C(=O)OCc1ccccc1)CN2C(C)=O.CC(=O)O[C@H]1C[C@@H](C[C@H]2CN(C(C)=O)c3ccc(Br)cc32)N(C(=O)OCc2ccccc2)C1.c1ccncc1. The highest BCUT2D eigenvalue weighted by molar-refractivity contribution is 9.10. The second kappa shape index (κ2) is 31.7. The van der Waals surface area contributed by atoms with E-state index in [-0.39, 0.29) is 73.1 Å². The minimum Gasteiger partial charge on any atom is -0.461 e. The first-order chi connectivity index (χ1) is 41.0. The van der Waals surface area contributed by atoms with E-state index in [1.165, 1.54) is 13.8 Å². The molecule has 18 nitrogen and oxygen atoms in total. The fourth-order valence-corrected chi connectivity index (χ4v) is 11.3. The summed E-state index contributed by atoms with van der Waals surface area (Å²) < 4.78 is 38.6. The maximum atomic E-state index is 13.0. The van der Waals surface area contributed by atoms with Crippen LogP contribution in [0.2, 0.25) is 0 Å². The smallest absolute Gasteiger partial charge is 0.458 e. The molecule has 3 saturated heterocycles. The third-order valence-electron chi connectivity index (χ3n) is 14.7. The average molecular weight is 1220 g/mol. The Bertz CT molecular complexity index is 3070. The molecule has 22 heteroatoms. The van der Waals surface area contributed by atoms with Crippen molar-refractivity contribution in [2.75, 3.05) is 36.0 Å². The number of carbonyl (C=O) groups excluding carboxylic acids is 6. The minimum absolute atomic E-state index is 0.00980.